The number of hydrogen-bond donors (Lipinski definition) is 0. The lowest BCUT2D eigenvalue weighted by molar-refractivity contribution is -0.144. The fourth-order valence-corrected chi connectivity index (χ4v) is 4.24. The van der Waals surface area contributed by atoms with Crippen molar-refractivity contribution in [3.05, 3.63) is 34.8 Å². The minimum absolute atomic E-state index is 0.0665. The number of piperidine rings is 1. The molecule has 4 rings (SSSR count). The van der Waals surface area contributed by atoms with Gasteiger partial charge in [-0.05, 0) is 24.3 Å². The summed E-state index contributed by atoms with van der Waals surface area (Å²) in [6.07, 6.45) is 5.92. The molecule has 0 unspecified atom stereocenters. The zero-order chi connectivity index (χ0) is 16.6. The molecule has 2 aliphatic rings. The van der Waals surface area contributed by atoms with Gasteiger partial charge in [0, 0.05) is 43.8 Å². The fourth-order valence-electron chi connectivity index (χ4n) is 3.59. The first-order chi connectivity index (χ1) is 11.6. The first kappa shape index (κ1) is 15.8. The number of aryl methyl sites for hydroxylation is 1. The lowest BCUT2D eigenvalue weighted by atomic mass is 9.89. The van der Waals surface area contributed by atoms with E-state index in [0.29, 0.717) is 6.54 Å². The maximum absolute atomic E-state index is 12.2. The number of anilines is 1. The van der Waals surface area contributed by atoms with E-state index >= 15 is 0 Å². The van der Waals surface area contributed by atoms with Gasteiger partial charge in [0.25, 0.3) is 5.91 Å². The molecule has 0 saturated carbocycles. The molecule has 2 saturated heterocycles. The third-order valence-corrected chi connectivity index (χ3v) is 5.67. The van der Waals surface area contributed by atoms with Crippen molar-refractivity contribution in [3.8, 4) is 0 Å². The smallest absolute Gasteiger partial charge is 0.253 e. The van der Waals surface area contributed by atoms with Crippen molar-refractivity contribution in [3.63, 3.8) is 0 Å². The van der Waals surface area contributed by atoms with Crippen molar-refractivity contribution in [1.29, 1.82) is 0 Å². The molecule has 24 heavy (non-hydrogen) atoms. The van der Waals surface area contributed by atoms with Crippen LogP contribution in [0.2, 0.25) is 0 Å². The highest BCUT2D eigenvalue weighted by atomic mass is 32.1. The van der Waals surface area contributed by atoms with E-state index in [-0.39, 0.29) is 18.1 Å². The van der Waals surface area contributed by atoms with E-state index in [1.54, 1.807) is 11.3 Å². The number of nitrogens with zero attached hydrogens (tertiary/aromatic N) is 4. The summed E-state index contributed by atoms with van der Waals surface area (Å²) in [6, 6.07) is 2.01. The second-order valence-corrected chi connectivity index (χ2v) is 7.51. The van der Waals surface area contributed by atoms with Crippen molar-refractivity contribution in [2.75, 3.05) is 31.1 Å². The van der Waals surface area contributed by atoms with E-state index in [1.165, 1.54) is 5.56 Å². The fraction of sp³-hybridized carbons (Fsp3) is 0.529. The Morgan fingerprint density at radius 2 is 2.21 bits per heavy atom. The molecule has 2 aliphatic heterocycles. The van der Waals surface area contributed by atoms with Crippen LogP contribution in [0.25, 0.3) is 0 Å². The highest BCUT2D eigenvalue weighted by molar-refractivity contribution is 7.08. The van der Waals surface area contributed by atoms with Crippen LogP contribution in [-0.2, 0) is 23.1 Å². The first-order valence-electron chi connectivity index (χ1n) is 8.30. The van der Waals surface area contributed by atoms with E-state index < -0.39 is 0 Å². The molecule has 7 heteroatoms. The molecule has 0 bridgehead atoms. The van der Waals surface area contributed by atoms with Gasteiger partial charge in [0.15, 0.2) is 0 Å². The van der Waals surface area contributed by atoms with Gasteiger partial charge in [-0.25, -0.2) is 0 Å². The zero-order valence-electron chi connectivity index (χ0n) is 13.9. The molecule has 0 radical (unpaired) electrons. The van der Waals surface area contributed by atoms with Crippen LogP contribution in [-0.4, -0.2) is 52.4 Å². The van der Waals surface area contributed by atoms with Crippen molar-refractivity contribution in [1.82, 2.24) is 14.7 Å². The largest absolute Gasteiger partial charge is 0.363 e. The van der Waals surface area contributed by atoms with Gasteiger partial charge in [0.1, 0.15) is 6.61 Å². The molecule has 2 aromatic heterocycles. The number of ether oxygens (including phenoxy) is 1. The van der Waals surface area contributed by atoms with Crippen LogP contribution in [0, 0.1) is 0 Å². The van der Waals surface area contributed by atoms with Gasteiger partial charge in [-0.2, -0.15) is 16.4 Å². The lowest BCUT2D eigenvalue weighted by Gasteiger charge is -2.46. The summed E-state index contributed by atoms with van der Waals surface area (Å²) in [5.74, 6) is 0.0665. The number of rotatable bonds is 3. The van der Waals surface area contributed by atoms with E-state index in [2.05, 4.69) is 16.2 Å². The molecule has 1 amide bonds. The zero-order valence-corrected chi connectivity index (χ0v) is 14.7. The average Bonchev–Trinajstić information content (AvgIpc) is 3.24. The number of hydrogen-bond acceptors (Lipinski definition) is 5. The number of carbonyl (C=O) groups excluding carboxylic acids is 1. The Bertz CT molecular complexity index is 704. The van der Waals surface area contributed by atoms with Crippen LogP contribution >= 0.6 is 11.3 Å². The van der Waals surface area contributed by atoms with Gasteiger partial charge in [0.05, 0.1) is 24.0 Å². The van der Waals surface area contributed by atoms with E-state index in [0.717, 1.165) is 38.2 Å². The number of likely N-dealkylation sites (tertiary alicyclic amines) is 1. The standard InChI is InChI=1S/C17H22N4O2S/c1-19-9-14(8-18-19)10-20-5-3-17(4-6-20)13-21(16(22)11-23-17)15-2-7-24-12-15/h2,7-9,12H,3-6,10-11,13H2,1H3. The molecule has 0 atom stereocenters. The van der Waals surface area contributed by atoms with E-state index in [9.17, 15) is 4.79 Å². The van der Waals surface area contributed by atoms with Crippen molar-refractivity contribution in [2.45, 2.75) is 25.0 Å². The Balaban J connectivity index is 1.39. The minimum Gasteiger partial charge on any atom is -0.363 e. The van der Waals surface area contributed by atoms with Crippen LogP contribution in [0.5, 0.6) is 0 Å². The van der Waals surface area contributed by atoms with Crippen LogP contribution < -0.4 is 4.90 Å². The predicted molar refractivity (Wildman–Crippen MR) is 93.1 cm³/mol. The van der Waals surface area contributed by atoms with Gasteiger partial charge < -0.3 is 9.64 Å². The Morgan fingerprint density at radius 3 is 2.88 bits per heavy atom. The van der Waals surface area contributed by atoms with Gasteiger partial charge >= 0.3 is 0 Å². The van der Waals surface area contributed by atoms with Gasteiger partial charge in [0.2, 0.25) is 0 Å². The quantitative estimate of drug-likeness (QED) is 0.851. The summed E-state index contributed by atoms with van der Waals surface area (Å²) in [7, 11) is 1.95. The Hall–Kier alpha value is -1.70. The molecule has 6 nitrogen and oxygen atoms in total. The molecule has 2 aromatic rings. The minimum atomic E-state index is -0.193. The number of aromatic nitrogens is 2. The molecule has 0 N–H and O–H groups in total. The molecule has 4 heterocycles. The maximum atomic E-state index is 12.2. The third kappa shape index (κ3) is 3.11. The molecule has 2 fully saturated rings. The second-order valence-electron chi connectivity index (χ2n) is 6.73. The summed E-state index contributed by atoms with van der Waals surface area (Å²) in [5.41, 5.74) is 2.06. The number of thiophene rings is 1. The average molecular weight is 346 g/mol. The molecule has 128 valence electrons. The van der Waals surface area contributed by atoms with Gasteiger partial charge in [-0.1, -0.05) is 0 Å². The van der Waals surface area contributed by atoms with Crippen molar-refractivity contribution in [2.24, 2.45) is 7.05 Å². The molecular weight excluding hydrogens is 324 g/mol. The number of amides is 1. The molecular formula is C17H22N4O2S. The monoisotopic (exact) mass is 346 g/mol. The summed E-state index contributed by atoms with van der Waals surface area (Å²) >= 11 is 1.62. The first-order valence-corrected chi connectivity index (χ1v) is 9.24. The van der Waals surface area contributed by atoms with Gasteiger partial charge in [-0.3, -0.25) is 14.4 Å². The normalized spacial score (nSPS) is 21.5. The highest BCUT2D eigenvalue weighted by Crippen LogP contribution is 2.33. The topological polar surface area (TPSA) is 50.6 Å². The predicted octanol–water partition coefficient (Wildman–Crippen LogP) is 1.88. The van der Waals surface area contributed by atoms with Gasteiger partial charge in [-0.15, -0.1) is 0 Å². The molecule has 0 aliphatic carbocycles. The third-order valence-electron chi connectivity index (χ3n) is 5.00. The summed E-state index contributed by atoms with van der Waals surface area (Å²) < 4.78 is 7.86. The molecule has 0 aromatic carbocycles. The van der Waals surface area contributed by atoms with Crippen LogP contribution in [0.4, 0.5) is 5.69 Å². The van der Waals surface area contributed by atoms with E-state index in [1.807, 2.05) is 39.7 Å². The summed E-state index contributed by atoms with van der Waals surface area (Å²) in [5, 5.41) is 8.29. The van der Waals surface area contributed by atoms with E-state index in [4.69, 9.17) is 4.74 Å². The lowest BCUT2D eigenvalue weighted by Crippen LogP contribution is -2.58. The SMILES string of the molecule is Cn1cc(CN2CCC3(CC2)CN(c2ccsc2)C(=O)CO3)cn1. The van der Waals surface area contributed by atoms with Crippen LogP contribution in [0.1, 0.15) is 18.4 Å². The number of morpholine rings is 1. The summed E-state index contributed by atoms with van der Waals surface area (Å²) in [6.45, 7) is 3.76. The Labute approximate surface area is 145 Å². The van der Waals surface area contributed by atoms with Crippen molar-refractivity contribution < 1.29 is 9.53 Å². The van der Waals surface area contributed by atoms with Crippen LogP contribution in [0.15, 0.2) is 29.2 Å². The Morgan fingerprint density at radius 1 is 1.38 bits per heavy atom. The highest BCUT2D eigenvalue weighted by Gasteiger charge is 2.42. The summed E-state index contributed by atoms with van der Waals surface area (Å²) in [4.78, 5) is 16.6. The maximum Gasteiger partial charge on any atom is 0.253 e. The van der Waals surface area contributed by atoms with Crippen molar-refractivity contribution >= 4 is 22.9 Å². The molecule has 1 spiro atoms. The number of carbonyl (C=O) groups is 1. The second kappa shape index (κ2) is 6.31. The van der Waals surface area contributed by atoms with Crippen LogP contribution in [0.3, 0.4) is 0 Å². The Kier molecular flexibility index (Phi) is 4.15.